The summed E-state index contributed by atoms with van der Waals surface area (Å²) in [4.78, 5) is 41.0. The van der Waals surface area contributed by atoms with Gasteiger partial charge in [-0.2, -0.15) is 0 Å². The molecule has 242 valence electrons. The van der Waals surface area contributed by atoms with Crippen LogP contribution < -0.4 is 16.0 Å². The third kappa shape index (κ3) is 9.29. The number of fused-ring (bicyclic) bond motifs is 1. The molecule has 9 nitrogen and oxygen atoms in total. The first-order valence-corrected chi connectivity index (χ1v) is 16.4. The van der Waals surface area contributed by atoms with Gasteiger partial charge in [-0.1, -0.05) is 55.4 Å². The fourth-order valence-electron chi connectivity index (χ4n) is 4.81. The van der Waals surface area contributed by atoms with E-state index in [0.29, 0.717) is 34.9 Å². The number of amides is 2. The van der Waals surface area contributed by atoms with Crippen molar-refractivity contribution in [2.24, 2.45) is 0 Å². The highest BCUT2D eigenvalue weighted by Gasteiger charge is 2.17. The monoisotopic (exact) mass is 648 g/mol. The molecule has 2 heterocycles. The second kappa shape index (κ2) is 14.6. The van der Waals surface area contributed by atoms with Crippen LogP contribution in [0.5, 0.6) is 0 Å². The molecule has 0 radical (unpaired) electrons. The molecule has 0 aliphatic carbocycles. The van der Waals surface area contributed by atoms with E-state index in [0.717, 1.165) is 27.3 Å². The fourth-order valence-corrected chi connectivity index (χ4v) is 5.69. The standard InChI is InChI=1S/C37H40N6O3S/c1-23(2)30-16-15-29-33(42-30)39-22-40-34(29)43-31-21-26(35(44)38-19-18-25-9-7-8-24(3)20-25)10-17-32(31)47-28-13-11-27(12-14-28)41-36(45)46-37(4,5)6/h7-17,20-23H,18-19H2,1-6H3,(H,38,44)(H,41,45)(H,39,40,42,43). The van der Waals surface area contributed by atoms with E-state index < -0.39 is 11.7 Å². The van der Waals surface area contributed by atoms with E-state index in [2.05, 4.69) is 64.9 Å². The second-order valence-electron chi connectivity index (χ2n) is 12.6. The lowest BCUT2D eigenvalue weighted by atomic mass is 10.1. The predicted molar refractivity (Wildman–Crippen MR) is 189 cm³/mol. The molecule has 2 aromatic heterocycles. The first-order valence-electron chi connectivity index (χ1n) is 15.6. The summed E-state index contributed by atoms with van der Waals surface area (Å²) in [7, 11) is 0. The van der Waals surface area contributed by atoms with E-state index in [1.54, 1.807) is 0 Å². The number of carbonyl (C=O) groups excluding carboxylic acids is 2. The molecule has 47 heavy (non-hydrogen) atoms. The van der Waals surface area contributed by atoms with E-state index in [9.17, 15) is 9.59 Å². The van der Waals surface area contributed by atoms with E-state index in [4.69, 9.17) is 9.72 Å². The summed E-state index contributed by atoms with van der Waals surface area (Å²) >= 11 is 1.52. The Hall–Kier alpha value is -4.96. The van der Waals surface area contributed by atoms with Crippen molar-refractivity contribution < 1.29 is 14.3 Å². The highest BCUT2D eigenvalue weighted by Crippen LogP contribution is 2.37. The third-order valence-corrected chi connectivity index (χ3v) is 8.20. The molecule has 2 amide bonds. The Labute approximate surface area is 280 Å². The SMILES string of the molecule is Cc1cccc(CCNC(=O)c2ccc(Sc3ccc(NC(=O)OC(C)(C)C)cc3)c(Nc3ncnc4nc(C(C)C)ccc34)c2)c1. The van der Waals surface area contributed by atoms with Crippen molar-refractivity contribution in [1.82, 2.24) is 20.3 Å². The normalized spacial score (nSPS) is 11.4. The Kier molecular flexibility index (Phi) is 10.4. The lowest BCUT2D eigenvalue weighted by Gasteiger charge is -2.19. The quantitative estimate of drug-likeness (QED) is 0.138. The number of hydrogen-bond donors (Lipinski definition) is 3. The average molecular weight is 649 g/mol. The van der Waals surface area contributed by atoms with Crippen molar-refractivity contribution in [1.29, 1.82) is 0 Å². The van der Waals surface area contributed by atoms with Crippen LogP contribution >= 0.6 is 11.8 Å². The molecule has 0 saturated carbocycles. The molecule has 3 N–H and O–H groups in total. The molecule has 5 rings (SSSR count). The number of anilines is 3. The number of pyridine rings is 1. The molecule has 0 aliphatic rings. The smallest absolute Gasteiger partial charge is 0.412 e. The number of carbonyl (C=O) groups is 2. The van der Waals surface area contributed by atoms with Gasteiger partial charge in [0.25, 0.3) is 5.91 Å². The summed E-state index contributed by atoms with van der Waals surface area (Å²) in [5.74, 6) is 0.694. The summed E-state index contributed by atoms with van der Waals surface area (Å²) in [6.45, 7) is 12.2. The minimum atomic E-state index is -0.588. The van der Waals surface area contributed by atoms with E-state index in [1.165, 1.54) is 29.2 Å². The van der Waals surface area contributed by atoms with Crippen LogP contribution in [-0.2, 0) is 11.2 Å². The van der Waals surface area contributed by atoms with Crippen LogP contribution in [0.2, 0.25) is 0 Å². The van der Waals surface area contributed by atoms with Crippen LogP contribution in [0.25, 0.3) is 11.0 Å². The molecule has 5 aromatic rings. The second-order valence-corrected chi connectivity index (χ2v) is 13.7. The van der Waals surface area contributed by atoms with Gasteiger partial charge in [0.2, 0.25) is 0 Å². The van der Waals surface area contributed by atoms with Crippen molar-refractivity contribution in [2.75, 3.05) is 17.2 Å². The largest absolute Gasteiger partial charge is 0.444 e. The highest BCUT2D eigenvalue weighted by atomic mass is 32.2. The van der Waals surface area contributed by atoms with Gasteiger partial charge in [0, 0.05) is 33.3 Å². The number of aryl methyl sites for hydroxylation is 1. The van der Waals surface area contributed by atoms with Crippen molar-refractivity contribution in [3.63, 3.8) is 0 Å². The van der Waals surface area contributed by atoms with Gasteiger partial charge in [0.05, 0.1) is 11.1 Å². The van der Waals surface area contributed by atoms with Crippen LogP contribution in [0.1, 0.15) is 67.7 Å². The van der Waals surface area contributed by atoms with Gasteiger partial charge in [0.15, 0.2) is 5.65 Å². The molecular formula is C37H40N6O3S. The number of hydrogen-bond acceptors (Lipinski definition) is 8. The summed E-state index contributed by atoms with van der Waals surface area (Å²) in [6, 6.07) is 25.3. The average Bonchev–Trinajstić information content (AvgIpc) is 3.01. The van der Waals surface area contributed by atoms with Gasteiger partial charge < -0.3 is 15.4 Å². The van der Waals surface area contributed by atoms with Crippen LogP contribution in [0.4, 0.5) is 22.0 Å². The van der Waals surface area contributed by atoms with Crippen molar-refractivity contribution in [3.8, 4) is 0 Å². The third-order valence-electron chi connectivity index (χ3n) is 7.11. The Morgan fingerprint density at radius 1 is 0.936 bits per heavy atom. The Balaban J connectivity index is 1.39. The Morgan fingerprint density at radius 3 is 2.45 bits per heavy atom. The molecule has 0 unspecified atom stereocenters. The zero-order valence-electron chi connectivity index (χ0n) is 27.5. The number of benzene rings is 3. The van der Waals surface area contributed by atoms with Gasteiger partial charge in [0.1, 0.15) is 17.7 Å². The topological polar surface area (TPSA) is 118 Å². The number of ether oxygens (including phenoxy) is 1. The summed E-state index contributed by atoms with van der Waals surface area (Å²) in [5.41, 5.74) is 5.20. The molecule has 10 heteroatoms. The maximum atomic E-state index is 13.3. The van der Waals surface area contributed by atoms with Gasteiger partial charge in [-0.3, -0.25) is 10.1 Å². The Morgan fingerprint density at radius 2 is 1.72 bits per heavy atom. The van der Waals surface area contributed by atoms with Crippen LogP contribution in [0, 0.1) is 6.92 Å². The van der Waals surface area contributed by atoms with Crippen LogP contribution in [0.15, 0.2) is 95.0 Å². The molecule has 0 bridgehead atoms. The van der Waals surface area contributed by atoms with Gasteiger partial charge in [-0.05, 0) is 100 Å². The zero-order valence-corrected chi connectivity index (χ0v) is 28.4. The maximum Gasteiger partial charge on any atom is 0.412 e. The van der Waals surface area contributed by atoms with E-state index >= 15 is 0 Å². The fraction of sp³-hybridized carbons (Fsp3) is 0.270. The van der Waals surface area contributed by atoms with Crippen molar-refractivity contribution in [3.05, 3.63) is 108 Å². The van der Waals surface area contributed by atoms with Gasteiger partial charge >= 0.3 is 6.09 Å². The zero-order chi connectivity index (χ0) is 33.6. The number of nitrogens with one attached hydrogen (secondary N) is 3. The molecule has 0 atom stereocenters. The summed E-state index contributed by atoms with van der Waals surface area (Å²) < 4.78 is 5.36. The number of aromatic nitrogens is 3. The predicted octanol–water partition coefficient (Wildman–Crippen LogP) is 8.67. The summed E-state index contributed by atoms with van der Waals surface area (Å²) in [6.07, 6.45) is 1.72. The van der Waals surface area contributed by atoms with Crippen molar-refractivity contribution >= 4 is 52.0 Å². The molecule has 0 aliphatic heterocycles. The number of nitrogens with zero attached hydrogens (tertiary/aromatic N) is 3. The summed E-state index contributed by atoms with van der Waals surface area (Å²) in [5, 5.41) is 10.1. The van der Waals surface area contributed by atoms with E-state index in [-0.39, 0.29) is 11.8 Å². The molecule has 0 saturated heterocycles. The highest BCUT2D eigenvalue weighted by molar-refractivity contribution is 7.99. The molecule has 0 spiro atoms. The van der Waals surface area contributed by atoms with Crippen LogP contribution in [0.3, 0.4) is 0 Å². The molecule has 0 fully saturated rings. The Bertz CT molecular complexity index is 1890. The van der Waals surface area contributed by atoms with E-state index in [1.807, 2.05) is 81.4 Å². The first-order chi connectivity index (χ1) is 22.4. The van der Waals surface area contributed by atoms with Gasteiger partial charge in [-0.25, -0.2) is 19.7 Å². The number of rotatable bonds is 10. The van der Waals surface area contributed by atoms with Gasteiger partial charge in [-0.15, -0.1) is 0 Å². The lowest BCUT2D eigenvalue weighted by molar-refractivity contribution is 0.0635. The minimum Gasteiger partial charge on any atom is -0.444 e. The maximum absolute atomic E-state index is 13.3. The minimum absolute atomic E-state index is 0.161. The first kappa shape index (κ1) is 33.4. The molecular weight excluding hydrogens is 609 g/mol. The lowest BCUT2D eigenvalue weighted by Crippen LogP contribution is -2.27. The molecule has 3 aromatic carbocycles. The van der Waals surface area contributed by atoms with Crippen LogP contribution in [-0.4, -0.2) is 39.1 Å². The van der Waals surface area contributed by atoms with Crippen molar-refractivity contribution in [2.45, 2.75) is 69.3 Å².